The summed E-state index contributed by atoms with van der Waals surface area (Å²) in [5.74, 6) is 0. The molecule has 0 aliphatic heterocycles. The average Bonchev–Trinajstić information content (AvgIpc) is 3.57. The van der Waals surface area contributed by atoms with Crippen molar-refractivity contribution in [1.29, 1.82) is 0 Å². The fourth-order valence-corrected chi connectivity index (χ4v) is 6.19. The predicted molar refractivity (Wildman–Crippen MR) is 158 cm³/mol. The Kier molecular flexibility index (Phi) is 7.42. The highest BCUT2D eigenvalue weighted by molar-refractivity contribution is 7.86. The first-order valence-corrected chi connectivity index (χ1v) is 15.2. The van der Waals surface area contributed by atoms with E-state index in [2.05, 4.69) is 6.07 Å². The topological polar surface area (TPSA) is 76.5 Å². The molecule has 2 atom stereocenters. The van der Waals surface area contributed by atoms with Crippen LogP contribution >= 0.6 is 11.6 Å². The standard InChI is InChI=1S/C32H32ClNO4S/c1-31(2,35)28-10-5-4-8-23(28)17-18-32(21-30(32)38-39(3,36)37)25-9-6-7-22(19-25)11-15-27-16-13-24-12-14-26(33)20-29(24)34-27/h4-16,19-20,30,35H,17-18,21H2,1-3H3/b15-11+. The molecule has 0 saturated heterocycles. The van der Waals surface area contributed by atoms with Crippen LogP contribution in [0, 0.1) is 0 Å². The SMILES string of the molecule is CC(C)(O)c1ccccc1CCC1(c2cccc(/C=C/c3ccc4ccc(Cl)cc4n3)c2)CC1OS(C)(=O)=O. The van der Waals surface area contributed by atoms with Crippen molar-refractivity contribution in [3.05, 3.63) is 112 Å². The summed E-state index contributed by atoms with van der Waals surface area (Å²) in [5, 5.41) is 12.3. The molecule has 1 aromatic heterocycles. The van der Waals surface area contributed by atoms with Crippen LogP contribution in [0.2, 0.25) is 5.02 Å². The van der Waals surface area contributed by atoms with Crippen molar-refractivity contribution in [2.24, 2.45) is 0 Å². The van der Waals surface area contributed by atoms with Crippen LogP contribution in [0.3, 0.4) is 0 Å². The van der Waals surface area contributed by atoms with Crippen LogP contribution in [-0.4, -0.2) is 30.9 Å². The number of fused-ring (bicyclic) bond motifs is 1. The Bertz CT molecular complexity index is 1660. The number of aromatic nitrogens is 1. The summed E-state index contributed by atoms with van der Waals surface area (Å²) in [6.45, 7) is 3.56. The van der Waals surface area contributed by atoms with E-state index in [1.54, 1.807) is 13.8 Å². The molecule has 5 nitrogen and oxygen atoms in total. The van der Waals surface area contributed by atoms with Crippen LogP contribution in [-0.2, 0) is 31.7 Å². The largest absolute Gasteiger partial charge is 0.386 e. The molecule has 1 fully saturated rings. The lowest BCUT2D eigenvalue weighted by Crippen LogP contribution is -2.21. The van der Waals surface area contributed by atoms with Gasteiger partial charge in [0.05, 0.1) is 29.2 Å². The van der Waals surface area contributed by atoms with Gasteiger partial charge in [0.1, 0.15) is 0 Å². The van der Waals surface area contributed by atoms with Crippen LogP contribution in [0.4, 0.5) is 0 Å². The Morgan fingerprint density at radius 1 is 1.05 bits per heavy atom. The summed E-state index contributed by atoms with van der Waals surface area (Å²) in [4.78, 5) is 4.70. The number of rotatable bonds is 9. The molecule has 39 heavy (non-hydrogen) atoms. The van der Waals surface area contributed by atoms with E-state index in [0.29, 0.717) is 24.3 Å². The molecule has 0 bridgehead atoms. The Balaban J connectivity index is 1.42. The van der Waals surface area contributed by atoms with Crippen LogP contribution < -0.4 is 0 Å². The van der Waals surface area contributed by atoms with Gasteiger partial charge in [-0.2, -0.15) is 8.42 Å². The molecule has 7 heteroatoms. The number of aliphatic hydroxyl groups is 1. The van der Waals surface area contributed by atoms with E-state index in [9.17, 15) is 13.5 Å². The quantitative estimate of drug-likeness (QED) is 0.225. The molecule has 1 aliphatic carbocycles. The van der Waals surface area contributed by atoms with E-state index < -0.39 is 27.2 Å². The highest BCUT2D eigenvalue weighted by atomic mass is 35.5. The maximum absolute atomic E-state index is 12.0. The second-order valence-corrected chi connectivity index (χ2v) is 12.9. The second-order valence-electron chi connectivity index (χ2n) is 10.9. The van der Waals surface area contributed by atoms with Gasteiger partial charge in [-0.05, 0) is 79.6 Å². The Morgan fingerprint density at radius 2 is 1.82 bits per heavy atom. The third-order valence-corrected chi connectivity index (χ3v) is 8.21. The van der Waals surface area contributed by atoms with Gasteiger partial charge in [-0.3, -0.25) is 4.18 Å². The van der Waals surface area contributed by atoms with Crippen molar-refractivity contribution in [2.45, 2.75) is 50.2 Å². The minimum Gasteiger partial charge on any atom is -0.386 e. The monoisotopic (exact) mass is 561 g/mol. The van der Waals surface area contributed by atoms with Gasteiger partial charge in [-0.1, -0.05) is 78.3 Å². The fourth-order valence-electron chi connectivity index (χ4n) is 5.35. The molecular formula is C32H32ClNO4S. The molecule has 1 heterocycles. The summed E-state index contributed by atoms with van der Waals surface area (Å²) in [6.07, 6.45) is 6.64. The molecule has 1 aliphatic rings. The molecule has 4 aromatic rings. The first-order chi connectivity index (χ1) is 18.4. The second kappa shape index (κ2) is 10.5. The minimum atomic E-state index is -3.60. The zero-order valence-corrected chi connectivity index (χ0v) is 23.8. The number of benzene rings is 3. The molecule has 0 radical (unpaired) electrons. The van der Waals surface area contributed by atoms with E-state index in [1.807, 2.05) is 84.9 Å². The minimum absolute atomic E-state index is 0.423. The van der Waals surface area contributed by atoms with E-state index in [1.165, 1.54) is 0 Å². The summed E-state index contributed by atoms with van der Waals surface area (Å²) >= 11 is 6.14. The number of nitrogens with zero attached hydrogens (tertiary/aromatic N) is 1. The highest BCUT2D eigenvalue weighted by Gasteiger charge is 2.57. The molecule has 202 valence electrons. The number of aryl methyl sites for hydroxylation is 1. The third-order valence-electron chi connectivity index (χ3n) is 7.40. The van der Waals surface area contributed by atoms with Gasteiger partial charge in [-0.15, -0.1) is 0 Å². The van der Waals surface area contributed by atoms with Crippen LogP contribution in [0.5, 0.6) is 0 Å². The van der Waals surface area contributed by atoms with Crippen molar-refractivity contribution in [1.82, 2.24) is 4.98 Å². The smallest absolute Gasteiger partial charge is 0.264 e. The zero-order chi connectivity index (χ0) is 27.8. The Hall–Kier alpha value is -3.03. The summed E-state index contributed by atoms with van der Waals surface area (Å²) in [7, 11) is -3.60. The average molecular weight is 562 g/mol. The molecule has 5 rings (SSSR count). The van der Waals surface area contributed by atoms with Crippen molar-refractivity contribution in [3.63, 3.8) is 0 Å². The normalized spacial score (nSPS) is 19.6. The summed E-state index contributed by atoms with van der Waals surface area (Å²) in [6, 6.07) is 25.7. The van der Waals surface area contributed by atoms with Crippen molar-refractivity contribution >= 4 is 44.8 Å². The van der Waals surface area contributed by atoms with Crippen molar-refractivity contribution in [2.75, 3.05) is 6.26 Å². The molecule has 2 unspecified atom stereocenters. The Morgan fingerprint density at radius 3 is 2.59 bits per heavy atom. The maximum atomic E-state index is 12.0. The fraction of sp³-hybridized carbons (Fsp3) is 0.281. The molecule has 0 spiro atoms. The number of hydrogen-bond donors (Lipinski definition) is 1. The van der Waals surface area contributed by atoms with Gasteiger partial charge in [0, 0.05) is 15.8 Å². The van der Waals surface area contributed by atoms with Crippen molar-refractivity contribution < 1.29 is 17.7 Å². The van der Waals surface area contributed by atoms with Gasteiger partial charge in [0.15, 0.2) is 0 Å². The van der Waals surface area contributed by atoms with Crippen LogP contribution in [0.1, 0.15) is 54.6 Å². The van der Waals surface area contributed by atoms with Crippen LogP contribution in [0.15, 0.2) is 78.9 Å². The molecule has 0 amide bonds. The number of hydrogen-bond acceptors (Lipinski definition) is 5. The van der Waals surface area contributed by atoms with Gasteiger partial charge in [0.25, 0.3) is 10.1 Å². The van der Waals surface area contributed by atoms with E-state index in [-0.39, 0.29) is 0 Å². The van der Waals surface area contributed by atoms with Crippen LogP contribution in [0.25, 0.3) is 23.1 Å². The molecular weight excluding hydrogens is 530 g/mol. The van der Waals surface area contributed by atoms with E-state index >= 15 is 0 Å². The van der Waals surface area contributed by atoms with Gasteiger partial charge >= 0.3 is 0 Å². The lowest BCUT2D eigenvalue weighted by atomic mass is 9.85. The van der Waals surface area contributed by atoms with E-state index in [4.69, 9.17) is 20.8 Å². The summed E-state index contributed by atoms with van der Waals surface area (Å²) < 4.78 is 29.5. The first-order valence-electron chi connectivity index (χ1n) is 13.0. The third kappa shape index (κ3) is 6.42. The molecule has 3 aromatic carbocycles. The zero-order valence-electron chi connectivity index (χ0n) is 22.3. The highest BCUT2D eigenvalue weighted by Crippen LogP contribution is 2.54. The maximum Gasteiger partial charge on any atom is 0.264 e. The van der Waals surface area contributed by atoms with Crippen molar-refractivity contribution in [3.8, 4) is 0 Å². The number of pyridine rings is 1. The summed E-state index contributed by atoms with van der Waals surface area (Å²) in [5.41, 5.74) is 4.20. The lowest BCUT2D eigenvalue weighted by molar-refractivity contribution is 0.0775. The molecule has 1 N–H and O–H groups in total. The number of halogens is 1. The Labute approximate surface area is 235 Å². The molecule has 1 saturated carbocycles. The lowest BCUT2D eigenvalue weighted by Gasteiger charge is -2.24. The first kappa shape index (κ1) is 27.5. The van der Waals surface area contributed by atoms with Gasteiger partial charge in [0.2, 0.25) is 0 Å². The van der Waals surface area contributed by atoms with Gasteiger partial charge in [-0.25, -0.2) is 4.98 Å². The van der Waals surface area contributed by atoms with Gasteiger partial charge < -0.3 is 5.11 Å². The van der Waals surface area contributed by atoms with E-state index in [0.717, 1.165) is 45.1 Å². The predicted octanol–water partition coefficient (Wildman–Crippen LogP) is 6.91.